The van der Waals surface area contributed by atoms with Gasteiger partial charge in [0.15, 0.2) is 0 Å². The molecule has 2 aromatic carbocycles. The standard InChI is InChI=1S/C17H17NO2/c1-20-15-9-7-14(8-10-15)18-16(11-12-17(18)19)13-5-3-2-4-6-13/h2-10,16H,11-12H2,1H3. The maximum absolute atomic E-state index is 12.2. The molecule has 0 aromatic heterocycles. The number of hydrogen-bond acceptors (Lipinski definition) is 2. The summed E-state index contributed by atoms with van der Waals surface area (Å²) in [7, 11) is 1.64. The molecule has 102 valence electrons. The third-order valence-corrected chi connectivity index (χ3v) is 3.75. The summed E-state index contributed by atoms with van der Waals surface area (Å²) in [6, 6.07) is 18.0. The Morgan fingerprint density at radius 2 is 1.75 bits per heavy atom. The lowest BCUT2D eigenvalue weighted by Gasteiger charge is -2.25. The van der Waals surface area contributed by atoms with Gasteiger partial charge in [0.2, 0.25) is 5.91 Å². The molecular weight excluding hydrogens is 250 g/mol. The van der Waals surface area contributed by atoms with Crippen LogP contribution in [0.15, 0.2) is 54.6 Å². The fourth-order valence-electron chi connectivity index (χ4n) is 2.74. The Bertz CT molecular complexity index is 592. The number of hydrogen-bond donors (Lipinski definition) is 0. The first kappa shape index (κ1) is 12.7. The van der Waals surface area contributed by atoms with Crippen LogP contribution >= 0.6 is 0 Å². The molecule has 0 radical (unpaired) electrons. The Kier molecular flexibility index (Phi) is 3.42. The van der Waals surface area contributed by atoms with Crippen molar-refractivity contribution in [2.24, 2.45) is 0 Å². The summed E-state index contributed by atoms with van der Waals surface area (Å²) in [4.78, 5) is 14.1. The highest BCUT2D eigenvalue weighted by Crippen LogP contribution is 2.37. The molecular formula is C17H17NO2. The second-order valence-electron chi connectivity index (χ2n) is 4.93. The van der Waals surface area contributed by atoms with Gasteiger partial charge in [-0.1, -0.05) is 30.3 Å². The van der Waals surface area contributed by atoms with Crippen molar-refractivity contribution in [2.75, 3.05) is 12.0 Å². The Morgan fingerprint density at radius 1 is 1.05 bits per heavy atom. The molecule has 3 nitrogen and oxygen atoms in total. The lowest BCUT2D eigenvalue weighted by molar-refractivity contribution is -0.117. The van der Waals surface area contributed by atoms with Crippen LogP contribution in [-0.2, 0) is 4.79 Å². The van der Waals surface area contributed by atoms with E-state index >= 15 is 0 Å². The number of rotatable bonds is 3. The van der Waals surface area contributed by atoms with E-state index in [1.54, 1.807) is 7.11 Å². The number of nitrogens with zero attached hydrogens (tertiary/aromatic N) is 1. The second-order valence-corrected chi connectivity index (χ2v) is 4.93. The number of carbonyl (C=O) groups excluding carboxylic acids is 1. The minimum atomic E-state index is 0.136. The molecule has 0 bridgehead atoms. The van der Waals surface area contributed by atoms with Crippen LogP contribution < -0.4 is 9.64 Å². The maximum atomic E-state index is 12.2. The zero-order valence-electron chi connectivity index (χ0n) is 11.5. The van der Waals surface area contributed by atoms with Crippen molar-refractivity contribution >= 4 is 11.6 Å². The molecule has 2 aromatic rings. The van der Waals surface area contributed by atoms with Crippen LogP contribution in [0.5, 0.6) is 5.75 Å². The summed E-state index contributed by atoms with van der Waals surface area (Å²) in [6.45, 7) is 0. The van der Waals surface area contributed by atoms with Crippen molar-refractivity contribution in [3.8, 4) is 5.75 Å². The summed E-state index contributed by atoms with van der Waals surface area (Å²) in [6.07, 6.45) is 1.47. The molecule has 20 heavy (non-hydrogen) atoms. The van der Waals surface area contributed by atoms with E-state index in [1.165, 1.54) is 5.56 Å². The van der Waals surface area contributed by atoms with Crippen LogP contribution in [0.4, 0.5) is 5.69 Å². The molecule has 1 heterocycles. The van der Waals surface area contributed by atoms with E-state index in [0.29, 0.717) is 6.42 Å². The first-order chi connectivity index (χ1) is 9.79. The fourth-order valence-corrected chi connectivity index (χ4v) is 2.74. The van der Waals surface area contributed by atoms with E-state index in [0.717, 1.165) is 17.9 Å². The Hall–Kier alpha value is -2.29. The molecule has 3 rings (SSSR count). The van der Waals surface area contributed by atoms with Crippen LogP contribution in [0, 0.1) is 0 Å². The molecule has 1 aliphatic rings. The van der Waals surface area contributed by atoms with Gasteiger partial charge in [-0.15, -0.1) is 0 Å². The predicted octanol–water partition coefficient (Wildman–Crippen LogP) is 3.56. The quantitative estimate of drug-likeness (QED) is 0.851. The van der Waals surface area contributed by atoms with Gasteiger partial charge in [-0.25, -0.2) is 0 Å². The van der Waals surface area contributed by atoms with Gasteiger partial charge >= 0.3 is 0 Å². The normalized spacial score (nSPS) is 18.4. The third kappa shape index (κ3) is 2.27. The largest absolute Gasteiger partial charge is 0.497 e. The number of anilines is 1. The SMILES string of the molecule is COc1ccc(N2C(=O)CCC2c2ccccc2)cc1. The molecule has 1 fully saturated rings. The van der Waals surface area contributed by atoms with Gasteiger partial charge in [0.25, 0.3) is 0 Å². The van der Waals surface area contributed by atoms with Crippen molar-refractivity contribution in [3.63, 3.8) is 0 Å². The van der Waals surface area contributed by atoms with Crippen molar-refractivity contribution in [2.45, 2.75) is 18.9 Å². The first-order valence-electron chi connectivity index (χ1n) is 6.80. The molecule has 0 saturated carbocycles. The molecule has 0 spiro atoms. The summed E-state index contributed by atoms with van der Waals surface area (Å²) in [5.74, 6) is 0.987. The van der Waals surface area contributed by atoms with Crippen molar-refractivity contribution in [1.29, 1.82) is 0 Å². The molecule has 0 aliphatic carbocycles. The highest BCUT2D eigenvalue weighted by molar-refractivity contribution is 5.96. The monoisotopic (exact) mass is 267 g/mol. The van der Waals surface area contributed by atoms with Crippen LogP contribution in [0.25, 0.3) is 0 Å². The minimum absolute atomic E-state index is 0.136. The first-order valence-corrected chi connectivity index (χ1v) is 6.80. The molecule has 1 amide bonds. The zero-order valence-corrected chi connectivity index (χ0v) is 11.5. The molecule has 1 unspecified atom stereocenters. The second kappa shape index (κ2) is 5.37. The van der Waals surface area contributed by atoms with E-state index in [1.807, 2.05) is 47.4 Å². The maximum Gasteiger partial charge on any atom is 0.227 e. The highest BCUT2D eigenvalue weighted by Gasteiger charge is 2.32. The third-order valence-electron chi connectivity index (χ3n) is 3.75. The summed E-state index contributed by atoms with van der Waals surface area (Å²) < 4.78 is 5.17. The highest BCUT2D eigenvalue weighted by atomic mass is 16.5. The molecule has 1 aliphatic heterocycles. The molecule has 3 heteroatoms. The van der Waals surface area contributed by atoms with Crippen LogP contribution in [0.1, 0.15) is 24.4 Å². The van der Waals surface area contributed by atoms with E-state index in [-0.39, 0.29) is 11.9 Å². The van der Waals surface area contributed by atoms with Crippen LogP contribution in [0.3, 0.4) is 0 Å². The minimum Gasteiger partial charge on any atom is -0.497 e. The summed E-state index contributed by atoms with van der Waals surface area (Å²) >= 11 is 0. The smallest absolute Gasteiger partial charge is 0.227 e. The van der Waals surface area contributed by atoms with Gasteiger partial charge in [0.1, 0.15) is 5.75 Å². The lowest BCUT2D eigenvalue weighted by Crippen LogP contribution is -2.27. The van der Waals surface area contributed by atoms with E-state index in [9.17, 15) is 4.79 Å². The zero-order chi connectivity index (χ0) is 13.9. The van der Waals surface area contributed by atoms with Crippen molar-refractivity contribution < 1.29 is 9.53 Å². The van der Waals surface area contributed by atoms with Gasteiger partial charge in [0.05, 0.1) is 13.2 Å². The summed E-state index contributed by atoms with van der Waals surface area (Å²) in [5, 5.41) is 0. The Labute approximate surface area is 118 Å². The van der Waals surface area contributed by atoms with Crippen LogP contribution in [0.2, 0.25) is 0 Å². The number of amides is 1. The lowest BCUT2D eigenvalue weighted by atomic mass is 10.0. The van der Waals surface area contributed by atoms with Crippen molar-refractivity contribution in [1.82, 2.24) is 0 Å². The summed E-state index contributed by atoms with van der Waals surface area (Å²) in [5.41, 5.74) is 2.12. The molecule has 0 N–H and O–H groups in total. The average Bonchev–Trinajstić information content (AvgIpc) is 2.90. The van der Waals surface area contributed by atoms with E-state index in [2.05, 4.69) is 12.1 Å². The predicted molar refractivity (Wildman–Crippen MR) is 78.9 cm³/mol. The topological polar surface area (TPSA) is 29.5 Å². The van der Waals surface area contributed by atoms with Gasteiger partial charge in [0, 0.05) is 12.1 Å². The Balaban J connectivity index is 1.94. The van der Waals surface area contributed by atoms with Gasteiger partial charge in [-0.3, -0.25) is 4.79 Å². The molecule has 1 saturated heterocycles. The van der Waals surface area contributed by atoms with E-state index in [4.69, 9.17) is 4.74 Å². The Morgan fingerprint density at radius 3 is 2.40 bits per heavy atom. The van der Waals surface area contributed by atoms with Gasteiger partial charge in [-0.05, 0) is 36.2 Å². The molecule has 1 atom stereocenters. The number of methoxy groups -OCH3 is 1. The van der Waals surface area contributed by atoms with Gasteiger partial charge < -0.3 is 9.64 Å². The number of ether oxygens (including phenoxy) is 1. The number of carbonyl (C=O) groups is 1. The fraction of sp³-hybridized carbons (Fsp3) is 0.235. The number of benzene rings is 2. The van der Waals surface area contributed by atoms with Crippen molar-refractivity contribution in [3.05, 3.63) is 60.2 Å². The van der Waals surface area contributed by atoms with Gasteiger partial charge in [-0.2, -0.15) is 0 Å². The average molecular weight is 267 g/mol. The van der Waals surface area contributed by atoms with Crippen LogP contribution in [-0.4, -0.2) is 13.0 Å². The van der Waals surface area contributed by atoms with E-state index < -0.39 is 0 Å².